The Balaban J connectivity index is 1.27. The number of halogens is 1. The lowest BCUT2D eigenvalue weighted by atomic mass is 10.1. The predicted molar refractivity (Wildman–Crippen MR) is 143 cm³/mol. The Bertz CT molecular complexity index is 1590. The van der Waals surface area contributed by atoms with Crippen LogP contribution in [-0.2, 0) is 13.1 Å². The molecule has 0 spiro atoms. The van der Waals surface area contributed by atoms with Gasteiger partial charge in [0.15, 0.2) is 0 Å². The highest BCUT2D eigenvalue weighted by Gasteiger charge is 2.12. The molecule has 0 saturated heterocycles. The Morgan fingerprint density at radius 1 is 1.00 bits per heavy atom. The highest BCUT2D eigenvalue weighted by Crippen LogP contribution is 2.25. The molecule has 36 heavy (non-hydrogen) atoms. The molecule has 7 nitrogen and oxygen atoms in total. The van der Waals surface area contributed by atoms with Gasteiger partial charge in [0.25, 0.3) is 11.5 Å². The summed E-state index contributed by atoms with van der Waals surface area (Å²) in [5, 5.41) is 11.7. The van der Waals surface area contributed by atoms with E-state index in [1.54, 1.807) is 35.0 Å². The number of amides is 1. The molecule has 0 fully saturated rings. The lowest BCUT2D eigenvalue weighted by molar-refractivity contribution is 0.0950. The first kappa shape index (κ1) is 23.4. The van der Waals surface area contributed by atoms with Gasteiger partial charge in [0.1, 0.15) is 0 Å². The van der Waals surface area contributed by atoms with E-state index < -0.39 is 0 Å². The van der Waals surface area contributed by atoms with E-state index in [2.05, 4.69) is 15.5 Å². The van der Waals surface area contributed by atoms with Gasteiger partial charge in [-0.15, -0.1) is 0 Å². The number of H-pyrrole nitrogens is 1. The summed E-state index contributed by atoms with van der Waals surface area (Å²) in [6.07, 6.45) is 1.78. The summed E-state index contributed by atoms with van der Waals surface area (Å²) in [6.45, 7) is 0.794. The summed E-state index contributed by atoms with van der Waals surface area (Å²) in [7, 11) is 1.95. The number of benzene rings is 3. The zero-order valence-corrected chi connectivity index (χ0v) is 20.4. The van der Waals surface area contributed by atoms with Crippen LogP contribution in [0.2, 0.25) is 5.02 Å². The lowest BCUT2D eigenvalue weighted by Gasteiger charge is -2.20. The number of nitrogens with one attached hydrogen (secondary N) is 2. The molecule has 180 valence electrons. The Kier molecular flexibility index (Phi) is 6.56. The van der Waals surface area contributed by atoms with Crippen molar-refractivity contribution < 1.29 is 4.79 Å². The number of aromatic amines is 1. The Labute approximate surface area is 213 Å². The average molecular weight is 498 g/mol. The molecule has 3 aromatic carbocycles. The largest absolute Gasteiger partial charge is 0.346 e. The lowest BCUT2D eigenvalue weighted by Crippen LogP contribution is -2.23. The van der Waals surface area contributed by atoms with Crippen LogP contribution in [-0.4, -0.2) is 27.7 Å². The summed E-state index contributed by atoms with van der Waals surface area (Å²) in [6, 6.07) is 26.1. The van der Waals surface area contributed by atoms with E-state index in [9.17, 15) is 9.59 Å². The number of hydrogen-bond acceptors (Lipinski definition) is 4. The van der Waals surface area contributed by atoms with Crippen molar-refractivity contribution >= 4 is 39.8 Å². The molecule has 0 aliphatic carbocycles. The summed E-state index contributed by atoms with van der Waals surface area (Å²) in [5.41, 5.74) is 5.00. The number of rotatable bonds is 7. The first-order chi connectivity index (χ1) is 17.5. The van der Waals surface area contributed by atoms with E-state index in [0.717, 1.165) is 33.5 Å². The molecule has 0 radical (unpaired) electrons. The molecular formula is C28H24ClN5O2. The second-order valence-electron chi connectivity index (χ2n) is 8.49. The molecule has 5 aromatic rings. The summed E-state index contributed by atoms with van der Waals surface area (Å²) in [4.78, 5) is 26.9. The fourth-order valence-corrected chi connectivity index (χ4v) is 4.23. The zero-order valence-electron chi connectivity index (χ0n) is 19.6. The maximum atomic E-state index is 12.9. The van der Waals surface area contributed by atoms with Crippen LogP contribution in [0.4, 0.5) is 11.4 Å². The van der Waals surface area contributed by atoms with Gasteiger partial charge in [-0.1, -0.05) is 35.9 Å². The molecule has 2 aromatic heterocycles. The van der Waals surface area contributed by atoms with Gasteiger partial charge in [-0.2, -0.15) is 5.10 Å². The first-order valence-corrected chi connectivity index (χ1v) is 11.8. The molecule has 2 heterocycles. The number of aromatic nitrogens is 3. The standard InChI is InChI=1S/C28H24ClN5O2/c1-33(22-11-8-19(9-12-22)18-34-14-3-2-7-27(34)35)23-6-4-5-20(15-23)28(36)30-17-26-24-16-21(29)10-13-25(24)31-32-26/h2-16H,17-18H2,1H3,(H,30,36)(H,31,32). The van der Waals surface area contributed by atoms with Gasteiger partial charge in [0, 0.05) is 46.7 Å². The summed E-state index contributed by atoms with van der Waals surface area (Å²) in [5.74, 6) is -0.188. The Hall–Kier alpha value is -4.36. The van der Waals surface area contributed by atoms with Crippen LogP contribution >= 0.6 is 11.6 Å². The molecule has 8 heteroatoms. The zero-order chi connectivity index (χ0) is 25.1. The third-order valence-corrected chi connectivity index (χ3v) is 6.33. The predicted octanol–water partition coefficient (Wildman–Crippen LogP) is 5.12. The van der Waals surface area contributed by atoms with Crippen LogP contribution in [0.5, 0.6) is 0 Å². The Morgan fingerprint density at radius 2 is 1.83 bits per heavy atom. The molecule has 0 saturated carbocycles. The fraction of sp³-hybridized carbons (Fsp3) is 0.107. The number of carbonyl (C=O) groups is 1. The van der Waals surface area contributed by atoms with Crippen LogP contribution in [0.3, 0.4) is 0 Å². The van der Waals surface area contributed by atoms with Crippen molar-refractivity contribution in [1.82, 2.24) is 20.1 Å². The molecule has 0 unspecified atom stereocenters. The fourth-order valence-electron chi connectivity index (χ4n) is 4.06. The van der Waals surface area contributed by atoms with Crippen LogP contribution in [0, 0.1) is 0 Å². The van der Waals surface area contributed by atoms with Crippen molar-refractivity contribution in [2.75, 3.05) is 11.9 Å². The number of hydrogen-bond donors (Lipinski definition) is 2. The normalized spacial score (nSPS) is 10.9. The average Bonchev–Trinajstić information content (AvgIpc) is 3.30. The van der Waals surface area contributed by atoms with Gasteiger partial charge in [0.2, 0.25) is 0 Å². The van der Waals surface area contributed by atoms with Gasteiger partial charge in [-0.3, -0.25) is 14.7 Å². The molecule has 2 N–H and O–H groups in total. The van der Waals surface area contributed by atoms with E-state index in [1.807, 2.05) is 72.6 Å². The minimum Gasteiger partial charge on any atom is -0.346 e. The van der Waals surface area contributed by atoms with Gasteiger partial charge in [-0.05, 0) is 60.2 Å². The molecule has 0 aliphatic rings. The SMILES string of the molecule is CN(c1ccc(Cn2ccccc2=O)cc1)c1cccc(C(=O)NCc2n[nH]c3ccc(Cl)cc23)c1. The van der Waals surface area contributed by atoms with E-state index in [-0.39, 0.29) is 18.0 Å². The number of anilines is 2. The van der Waals surface area contributed by atoms with Crippen molar-refractivity contribution in [2.24, 2.45) is 0 Å². The van der Waals surface area contributed by atoms with E-state index in [4.69, 9.17) is 11.6 Å². The van der Waals surface area contributed by atoms with Gasteiger partial charge >= 0.3 is 0 Å². The highest BCUT2D eigenvalue weighted by molar-refractivity contribution is 6.31. The van der Waals surface area contributed by atoms with Crippen LogP contribution < -0.4 is 15.8 Å². The minimum absolute atomic E-state index is 0.0296. The van der Waals surface area contributed by atoms with Crippen molar-refractivity contribution in [3.63, 3.8) is 0 Å². The first-order valence-electron chi connectivity index (χ1n) is 11.5. The van der Waals surface area contributed by atoms with Crippen LogP contribution in [0.1, 0.15) is 21.6 Å². The van der Waals surface area contributed by atoms with Gasteiger partial charge in [0.05, 0.1) is 24.3 Å². The second kappa shape index (κ2) is 10.1. The van der Waals surface area contributed by atoms with Crippen molar-refractivity contribution in [2.45, 2.75) is 13.1 Å². The second-order valence-corrected chi connectivity index (χ2v) is 8.92. The van der Waals surface area contributed by atoms with Crippen LogP contribution in [0.25, 0.3) is 10.9 Å². The van der Waals surface area contributed by atoms with E-state index in [1.165, 1.54) is 0 Å². The number of carbonyl (C=O) groups excluding carboxylic acids is 1. The van der Waals surface area contributed by atoms with E-state index in [0.29, 0.717) is 17.1 Å². The maximum Gasteiger partial charge on any atom is 0.251 e. The van der Waals surface area contributed by atoms with Gasteiger partial charge in [-0.25, -0.2) is 0 Å². The molecule has 0 bridgehead atoms. The maximum absolute atomic E-state index is 12.9. The third-order valence-electron chi connectivity index (χ3n) is 6.09. The molecular weight excluding hydrogens is 474 g/mol. The number of nitrogens with zero attached hydrogens (tertiary/aromatic N) is 3. The number of fused-ring (bicyclic) bond motifs is 1. The van der Waals surface area contributed by atoms with Crippen molar-refractivity contribution in [3.8, 4) is 0 Å². The van der Waals surface area contributed by atoms with Crippen molar-refractivity contribution in [3.05, 3.63) is 123 Å². The quantitative estimate of drug-likeness (QED) is 0.327. The molecule has 0 aliphatic heterocycles. The molecule has 0 atom stereocenters. The van der Waals surface area contributed by atoms with Gasteiger partial charge < -0.3 is 14.8 Å². The summed E-state index contributed by atoms with van der Waals surface area (Å²) >= 11 is 6.11. The molecule has 5 rings (SSSR count). The highest BCUT2D eigenvalue weighted by atomic mass is 35.5. The Morgan fingerprint density at radius 3 is 2.64 bits per heavy atom. The van der Waals surface area contributed by atoms with Crippen molar-refractivity contribution in [1.29, 1.82) is 0 Å². The van der Waals surface area contributed by atoms with Crippen LogP contribution in [0.15, 0.2) is 95.9 Å². The minimum atomic E-state index is -0.188. The summed E-state index contributed by atoms with van der Waals surface area (Å²) < 4.78 is 1.67. The smallest absolute Gasteiger partial charge is 0.251 e. The third kappa shape index (κ3) is 5.01. The topological polar surface area (TPSA) is 83.0 Å². The number of pyridine rings is 1. The van der Waals surface area contributed by atoms with E-state index >= 15 is 0 Å². The monoisotopic (exact) mass is 497 g/mol. The molecule has 1 amide bonds.